The summed E-state index contributed by atoms with van der Waals surface area (Å²) in [5, 5.41) is 11.8. The Labute approximate surface area is 209 Å². The van der Waals surface area contributed by atoms with Gasteiger partial charge in [0, 0.05) is 0 Å². The number of carbonyl (C=O) groups excluding carboxylic acids is 2. The van der Waals surface area contributed by atoms with Crippen LogP contribution in [0.4, 0.5) is 15.9 Å². The van der Waals surface area contributed by atoms with Crippen LogP contribution in [0.25, 0.3) is 16.8 Å². The fourth-order valence-corrected chi connectivity index (χ4v) is 6.31. The zero-order valence-corrected chi connectivity index (χ0v) is 20.9. The SMILES string of the molecule is CC1=C(C#N)C(=O)N(C)C(=O)C1=Cc1ccc(N(c2ccccc2)c2cccc3ccccc23)[se]1. The number of hydrogen-bond acceptors (Lipinski definition) is 4. The molecule has 0 bridgehead atoms. The average molecular weight is 522 g/mol. The molecule has 170 valence electrons. The predicted octanol–water partition coefficient (Wildman–Crippen LogP) is 5.59. The number of carbonyl (C=O) groups is 2. The van der Waals surface area contributed by atoms with Crippen molar-refractivity contribution in [1.29, 1.82) is 5.26 Å². The molecule has 6 heteroatoms. The monoisotopic (exact) mass is 523 g/mol. The molecule has 4 aromatic rings. The van der Waals surface area contributed by atoms with Gasteiger partial charge in [-0.1, -0.05) is 0 Å². The second-order valence-electron chi connectivity index (χ2n) is 8.18. The third-order valence-electron chi connectivity index (χ3n) is 6.09. The summed E-state index contributed by atoms with van der Waals surface area (Å²) < 4.78 is 2.12. The van der Waals surface area contributed by atoms with Crippen LogP contribution in [0.3, 0.4) is 0 Å². The summed E-state index contributed by atoms with van der Waals surface area (Å²) in [6.45, 7) is 1.66. The number of hydrogen-bond donors (Lipinski definition) is 0. The van der Waals surface area contributed by atoms with E-state index in [4.69, 9.17) is 0 Å². The fraction of sp³-hybridized carbons (Fsp3) is 0.0690. The van der Waals surface area contributed by atoms with Crippen molar-refractivity contribution in [3.63, 3.8) is 0 Å². The Hall–Kier alpha value is -4.17. The summed E-state index contributed by atoms with van der Waals surface area (Å²) in [6.07, 6.45) is 1.83. The molecule has 1 aliphatic rings. The van der Waals surface area contributed by atoms with E-state index in [0.29, 0.717) is 11.1 Å². The number of nitriles is 1. The van der Waals surface area contributed by atoms with Gasteiger partial charge in [-0.2, -0.15) is 0 Å². The first kappa shape index (κ1) is 22.6. The number of likely N-dealkylation sites (N-methyl/N-ethyl adjacent to an activating group) is 1. The van der Waals surface area contributed by atoms with Crippen LogP contribution in [0.2, 0.25) is 0 Å². The van der Waals surface area contributed by atoms with Crippen LogP contribution in [0, 0.1) is 11.3 Å². The third-order valence-corrected chi connectivity index (χ3v) is 8.22. The molecule has 3 aromatic carbocycles. The molecule has 0 unspecified atom stereocenters. The van der Waals surface area contributed by atoms with E-state index in [0.717, 1.165) is 36.0 Å². The zero-order valence-electron chi connectivity index (χ0n) is 19.2. The summed E-state index contributed by atoms with van der Waals surface area (Å²) in [4.78, 5) is 28.4. The van der Waals surface area contributed by atoms with E-state index < -0.39 is 5.91 Å². The van der Waals surface area contributed by atoms with Crippen molar-refractivity contribution in [2.24, 2.45) is 0 Å². The molecule has 2 heterocycles. The zero-order chi connectivity index (χ0) is 24.5. The molecule has 0 spiro atoms. The minimum atomic E-state index is -0.553. The van der Waals surface area contributed by atoms with Gasteiger partial charge in [0.1, 0.15) is 0 Å². The van der Waals surface area contributed by atoms with Crippen molar-refractivity contribution in [1.82, 2.24) is 4.90 Å². The number of nitrogens with zero attached hydrogens (tertiary/aromatic N) is 3. The number of amides is 2. The molecule has 5 rings (SSSR count). The van der Waals surface area contributed by atoms with E-state index in [1.54, 1.807) is 6.92 Å². The van der Waals surface area contributed by atoms with E-state index in [1.807, 2.05) is 48.5 Å². The first-order valence-corrected chi connectivity index (χ1v) is 12.8. The van der Waals surface area contributed by atoms with Crippen molar-refractivity contribution in [2.45, 2.75) is 6.92 Å². The van der Waals surface area contributed by atoms with Crippen LogP contribution in [-0.2, 0) is 9.59 Å². The predicted molar refractivity (Wildman–Crippen MR) is 140 cm³/mol. The number of anilines is 3. The van der Waals surface area contributed by atoms with E-state index in [9.17, 15) is 14.9 Å². The molecule has 0 N–H and O–H groups in total. The molecule has 35 heavy (non-hydrogen) atoms. The molecule has 0 atom stereocenters. The van der Waals surface area contributed by atoms with Crippen molar-refractivity contribution in [2.75, 3.05) is 11.9 Å². The van der Waals surface area contributed by atoms with Crippen molar-refractivity contribution in [3.05, 3.63) is 106 Å². The first-order valence-electron chi connectivity index (χ1n) is 11.1. The number of rotatable bonds is 4. The Morgan fingerprint density at radius 3 is 2.37 bits per heavy atom. The normalized spacial score (nSPS) is 15.1. The van der Waals surface area contributed by atoms with Crippen LogP contribution in [0.1, 0.15) is 11.4 Å². The molecule has 0 radical (unpaired) electrons. The van der Waals surface area contributed by atoms with Gasteiger partial charge in [0.2, 0.25) is 0 Å². The van der Waals surface area contributed by atoms with Crippen LogP contribution < -0.4 is 4.90 Å². The Bertz CT molecular complexity index is 1570. The Morgan fingerprint density at radius 1 is 0.886 bits per heavy atom. The van der Waals surface area contributed by atoms with E-state index in [2.05, 4.69) is 53.4 Å². The number of imide groups is 1. The van der Waals surface area contributed by atoms with Gasteiger partial charge in [0.25, 0.3) is 0 Å². The average Bonchev–Trinajstić information content (AvgIpc) is 3.35. The fourth-order valence-electron chi connectivity index (χ4n) is 4.25. The van der Waals surface area contributed by atoms with Crippen LogP contribution >= 0.6 is 0 Å². The van der Waals surface area contributed by atoms with Crippen molar-refractivity contribution >= 4 is 59.1 Å². The summed E-state index contributed by atoms with van der Waals surface area (Å²) in [7, 11) is 1.41. The number of para-hydroxylation sites is 1. The van der Waals surface area contributed by atoms with Gasteiger partial charge < -0.3 is 0 Å². The standard InChI is InChI=1S/C29H21N3O2Se/c1-19-24(28(33)31(2)29(34)25(19)18-30)17-22-15-16-27(35-22)32(21-11-4-3-5-12-21)26-14-8-10-20-9-6-7-13-23(20)26/h3-17H,1-2H3. The van der Waals surface area contributed by atoms with E-state index in [-0.39, 0.29) is 26.0 Å². The number of benzene rings is 3. The second kappa shape index (κ2) is 9.23. The molecule has 0 fully saturated rings. The quantitative estimate of drug-likeness (QED) is 0.199. The Morgan fingerprint density at radius 2 is 1.60 bits per heavy atom. The molecular weight excluding hydrogens is 501 g/mol. The van der Waals surface area contributed by atoms with Gasteiger partial charge in [0.05, 0.1) is 0 Å². The third kappa shape index (κ3) is 4.02. The van der Waals surface area contributed by atoms with Gasteiger partial charge in [-0.15, -0.1) is 0 Å². The van der Waals surface area contributed by atoms with Crippen molar-refractivity contribution < 1.29 is 9.59 Å². The van der Waals surface area contributed by atoms with Gasteiger partial charge in [0.15, 0.2) is 0 Å². The maximum absolute atomic E-state index is 12.8. The summed E-state index contributed by atoms with van der Waals surface area (Å²) in [6, 6.07) is 30.9. The number of fused-ring (bicyclic) bond motifs is 1. The minimum absolute atomic E-state index is 0.0132. The second-order valence-corrected chi connectivity index (χ2v) is 10.5. The summed E-state index contributed by atoms with van der Waals surface area (Å²) in [5.74, 6) is -0.936. The molecule has 5 nitrogen and oxygen atoms in total. The Balaban J connectivity index is 1.64. The molecule has 1 aromatic heterocycles. The van der Waals surface area contributed by atoms with Gasteiger partial charge >= 0.3 is 210 Å². The van der Waals surface area contributed by atoms with E-state index in [1.165, 1.54) is 7.05 Å². The van der Waals surface area contributed by atoms with Crippen LogP contribution in [0.5, 0.6) is 0 Å². The van der Waals surface area contributed by atoms with Gasteiger partial charge in [-0.05, 0) is 0 Å². The molecular formula is C29H21N3O2Se. The van der Waals surface area contributed by atoms with Crippen LogP contribution in [0.15, 0.2) is 102 Å². The topological polar surface area (TPSA) is 64.4 Å². The summed E-state index contributed by atoms with van der Waals surface area (Å²) in [5.41, 5.74) is 2.98. The Kier molecular flexibility index (Phi) is 5.96. The van der Waals surface area contributed by atoms with Gasteiger partial charge in [-0.3, -0.25) is 0 Å². The van der Waals surface area contributed by atoms with E-state index >= 15 is 0 Å². The molecule has 0 aliphatic carbocycles. The molecule has 0 saturated carbocycles. The summed E-state index contributed by atoms with van der Waals surface area (Å²) >= 11 is -0.104. The van der Waals surface area contributed by atoms with Gasteiger partial charge in [-0.25, -0.2) is 0 Å². The first-order chi connectivity index (χ1) is 17.0. The molecule has 2 amide bonds. The molecule has 1 aliphatic heterocycles. The molecule has 0 saturated heterocycles. The van der Waals surface area contributed by atoms with Crippen molar-refractivity contribution in [3.8, 4) is 6.07 Å². The van der Waals surface area contributed by atoms with Crippen LogP contribution in [-0.4, -0.2) is 38.3 Å². The maximum atomic E-state index is 12.8.